The normalized spacial score (nSPS) is 11.4. The van der Waals surface area contributed by atoms with E-state index in [1.165, 1.54) is 12.1 Å². The highest BCUT2D eigenvalue weighted by atomic mass is 19.1. The average molecular weight is 273 g/mol. The topological polar surface area (TPSA) is 41.8 Å². The molecule has 0 fully saturated rings. The first-order chi connectivity index (χ1) is 9.61. The molecule has 0 bridgehead atoms. The zero-order chi connectivity index (χ0) is 14.5. The number of para-hydroxylation sites is 1. The molecule has 0 aliphatic carbocycles. The molecule has 4 heteroatoms. The van der Waals surface area contributed by atoms with E-state index in [-0.39, 0.29) is 12.4 Å². The summed E-state index contributed by atoms with van der Waals surface area (Å²) in [6.07, 6.45) is 0. The van der Waals surface area contributed by atoms with Gasteiger partial charge in [-0.25, -0.2) is 4.39 Å². The molecule has 0 aromatic heterocycles. The van der Waals surface area contributed by atoms with Crippen LogP contribution in [0.2, 0.25) is 0 Å². The Kier molecular flexibility index (Phi) is 4.35. The summed E-state index contributed by atoms with van der Waals surface area (Å²) in [5, 5.41) is 12.3. The van der Waals surface area contributed by atoms with Crippen LogP contribution in [-0.4, -0.2) is 17.5 Å². The molecular formula is C16H16FNO2. The molecule has 0 spiro atoms. The van der Waals surface area contributed by atoms with Crippen molar-refractivity contribution in [3.05, 3.63) is 65.0 Å². The molecule has 0 aliphatic heterocycles. The van der Waals surface area contributed by atoms with Crippen LogP contribution >= 0.6 is 0 Å². The van der Waals surface area contributed by atoms with Crippen molar-refractivity contribution >= 4 is 5.71 Å². The molecule has 0 aliphatic rings. The van der Waals surface area contributed by atoms with E-state index in [1.54, 1.807) is 12.1 Å². The lowest BCUT2D eigenvalue weighted by atomic mass is 10.1. The van der Waals surface area contributed by atoms with Crippen molar-refractivity contribution in [2.24, 2.45) is 5.16 Å². The van der Waals surface area contributed by atoms with Gasteiger partial charge in [0.25, 0.3) is 0 Å². The van der Waals surface area contributed by atoms with Gasteiger partial charge in [0.05, 0.1) is 0 Å². The molecule has 0 heterocycles. The molecule has 3 nitrogen and oxygen atoms in total. The standard InChI is InChI=1S/C16H16FNO2/c1-11-4-3-5-12(2)16(11)20-10-15(18-19)13-6-8-14(17)9-7-13/h3-9,19H,10H2,1-2H3. The Morgan fingerprint density at radius 3 is 2.25 bits per heavy atom. The molecule has 1 N–H and O–H groups in total. The van der Waals surface area contributed by atoms with E-state index in [1.807, 2.05) is 32.0 Å². The van der Waals surface area contributed by atoms with Crippen molar-refractivity contribution in [1.82, 2.24) is 0 Å². The molecule has 20 heavy (non-hydrogen) atoms. The van der Waals surface area contributed by atoms with E-state index in [2.05, 4.69) is 5.16 Å². The van der Waals surface area contributed by atoms with Crippen LogP contribution in [0, 0.1) is 19.7 Å². The molecule has 0 atom stereocenters. The molecule has 2 aromatic rings. The van der Waals surface area contributed by atoms with E-state index in [0.717, 1.165) is 16.9 Å². The van der Waals surface area contributed by atoms with E-state index in [0.29, 0.717) is 11.3 Å². The van der Waals surface area contributed by atoms with Crippen LogP contribution in [0.1, 0.15) is 16.7 Å². The summed E-state index contributed by atoms with van der Waals surface area (Å²) in [5.74, 6) is 0.442. The van der Waals surface area contributed by atoms with Crippen molar-refractivity contribution in [1.29, 1.82) is 0 Å². The third-order valence-corrected chi connectivity index (χ3v) is 3.06. The fourth-order valence-corrected chi connectivity index (χ4v) is 1.98. The van der Waals surface area contributed by atoms with Crippen molar-refractivity contribution in [3.63, 3.8) is 0 Å². The largest absolute Gasteiger partial charge is 0.487 e. The van der Waals surface area contributed by atoms with Crippen molar-refractivity contribution < 1.29 is 14.3 Å². The maximum Gasteiger partial charge on any atom is 0.134 e. The molecule has 0 unspecified atom stereocenters. The zero-order valence-electron chi connectivity index (χ0n) is 11.4. The van der Waals surface area contributed by atoms with Crippen LogP contribution < -0.4 is 4.74 Å². The van der Waals surface area contributed by atoms with Gasteiger partial charge in [0.15, 0.2) is 0 Å². The highest BCUT2D eigenvalue weighted by Crippen LogP contribution is 2.22. The third kappa shape index (κ3) is 3.15. The molecule has 0 saturated heterocycles. The van der Waals surface area contributed by atoms with E-state index >= 15 is 0 Å². The first-order valence-electron chi connectivity index (χ1n) is 6.27. The van der Waals surface area contributed by atoms with E-state index < -0.39 is 0 Å². The number of ether oxygens (including phenoxy) is 1. The molecule has 2 aromatic carbocycles. The number of halogens is 1. The van der Waals surface area contributed by atoms with Gasteiger partial charge in [-0.1, -0.05) is 23.4 Å². The summed E-state index contributed by atoms with van der Waals surface area (Å²) in [7, 11) is 0. The Hall–Kier alpha value is -2.36. The first kappa shape index (κ1) is 14.1. The summed E-state index contributed by atoms with van der Waals surface area (Å²) < 4.78 is 18.6. The van der Waals surface area contributed by atoms with Gasteiger partial charge in [-0.05, 0) is 49.2 Å². The van der Waals surface area contributed by atoms with E-state index in [9.17, 15) is 4.39 Å². The Morgan fingerprint density at radius 2 is 1.70 bits per heavy atom. The molecule has 0 amide bonds. The predicted octanol–water partition coefficient (Wildman–Crippen LogP) is 3.70. The zero-order valence-corrected chi connectivity index (χ0v) is 11.4. The third-order valence-electron chi connectivity index (χ3n) is 3.06. The van der Waals surface area contributed by atoms with Crippen LogP contribution in [0.4, 0.5) is 4.39 Å². The molecular weight excluding hydrogens is 257 g/mol. The number of oxime groups is 1. The van der Waals surface area contributed by atoms with Gasteiger partial charge in [-0.15, -0.1) is 0 Å². The lowest BCUT2D eigenvalue weighted by molar-refractivity contribution is 0.307. The van der Waals surface area contributed by atoms with Crippen molar-refractivity contribution in [2.75, 3.05) is 6.61 Å². The summed E-state index contributed by atoms with van der Waals surface area (Å²) in [6.45, 7) is 4.03. The summed E-state index contributed by atoms with van der Waals surface area (Å²) in [6, 6.07) is 11.6. The van der Waals surface area contributed by atoms with Crippen molar-refractivity contribution in [3.8, 4) is 5.75 Å². The van der Waals surface area contributed by atoms with Gasteiger partial charge in [-0.3, -0.25) is 0 Å². The highest BCUT2D eigenvalue weighted by molar-refractivity contribution is 6.01. The second kappa shape index (κ2) is 6.19. The van der Waals surface area contributed by atoms with Gasteiger partial charge in [-0.2, -0.15) is 0 Å². The number of aryl methyl sites for hydroxylation is 2. The smallest absolute Gasteiger partial charge is 0.134 e. The first-order valence-corrected chi connectivity index (χ1v) is 6.27. The Balaban J connectivity index is 2.14. The number of benzene rings is 2. The highest BCUT2D eigenvalue weighted by Gasteiger charge is 2.09. The van der Waals surface area contributed by atoms with Gasteiger partial charge in [0.1, 0.15) is 23.9 Å². The molecule has 104 valence electrons. The molecule has 0 saturated carbocycles. The van der Waals surface area contributed by atoms with Gasteiger partial charge in [0.2, 0.25) is 0 Å². The van der Waals surface area contributed by atoms with Gasteiger partial charge < -0.3 is 9.94 Å². The average Bonchev–Trinajstić information content (AvgIpc) is 2.44. The van der Waals surface area contributed by atoms with Crippen LogP contribution in [0.5, 0.6) is 5.75 Å². The van der Waals surface area contributed by atoms with Crippen LogP contribution in [-0.2, 0) is 0 Å². The fraction of sp³-hybridized carbons (Fsp3) is 0.188. The number of rotatable bonds is 4. The van der Waals surface area contributed by atoms with Crippen LogP contribution in [0.25, 0.3) is 0 Å². The molecule has 0 radical (unpaired) electrons. The second-order valence-corrected chi connectivity index (χ2v) is 4.56. The minimum atomic E-state index is -0.332. The minimum Gasteiger partial charge on any atom is -0.487 e. The minimum absolute atomic E-state index is 0.119. The Labute approximate surface area is 117 Å². The predicted molar refractivity (Wildman–Crippen MR) is 76.1 cm³/mol. The monoisotopic (exact) mass is 273 g/mol. The summed E-state index contributed by atoms with van der Waals surface area (Å²) >= 11 is 0. The van der Waals surface area contributed by atoms with E-state index in [4.69, 9.17) is 9.94 Å². The van der Waals surface area contributed by atoms with Crippen molar-refractivity contribution in [2.45, 2.75) is 13.8 Å². The van der Waals surface area contributed by atoms with Gasteiger partial charge >= 0.3 is 0 Å². The molecule has 2 rings (SSSR count). The number of nitrogens with zero attached hydrogens (tertiary/aromatic N) is 1. The SMILES string of the molecule is Cc1cccc(C)c1OCC(=NO)c1ccc(F)cc1. The second-order valence-electron chi connectivity index (χ2n) is 4.56. The maximum atomic E-state index is 12.9. The maximum absolute atomic E-state index is 12.9. The number of hydrogen-bond donors (Lipinski definition) is 1. The fourth-order valence-electron chi connectivity index (χ4n) is 1.98. The number of hydrogen-bond acceptors (Lipinski definition) is 3. The Bertz CT molecular complexity index is 601. The lowest BCUT2D eigenvalue weighted by Gasteiger charge is -2.12. The summed E-state index contributed by atoms with van der Waals surface area (Å²) in [4.78, 5) is 0. The van der Waals surface area contributed by atoms with Crippen LogP contribution in [0.3, 0.4) is 0 Å². The van der Waals surface area contributed by atoms with Gasteiger partial charge in [0, 0.05) is 5.56 Å². The lowest BCUT2D eigenvalue weighted by Crippen LogP contribution is -2.14. The Morgan fingerprint density at radius 1 is 1.10 bits per heavy atom. The quantitative estimate of drug-likeness (QED) is 0.524. The summed E-state index contributed by atoms with van der Waals surface area (Å²) in [5.41, 5.74) is 3.01. The van der Waals surface area contributed by atoms with Crippen LogP contribution in [0.15, 0.2) is 47.6 Å².